The highest BCUT2D eigenvalue weighted by molar-refractivity contribution is 6.31. The van der Waals surface area contributed by atoms with E-state index in [9.17, 15) is 9.59 Å². The van der Waals surface area contributed by atoms with Crippen LogP contribution in [-0.2, 0) is 9.59 Å². The van der Waals surface area contributed by atoms with Crippen LogP contribution < -0.4 is 20.3 Å². The fourth-order valence-corrected chi connectivity index (χ4v) is 3.66. The van der Waals surface area contributed by atoms with Gasteiger partial charge in [0.05, 0.1) is 18.7 Å². The third-order valence-electron chi connectivity index (χ3n) is 4.94. The maximum atomic E-state index is 12.4. The van der Waals surface area contributed by atoms with Crippen molar-refractivity contribution < 1.29 is 14.3 Å². The maximum absolute atomic E-state index is 12.4. The molecule has 0 radical (unpaired) electrons. The fourth-order valence-electron chi connectivity index (χ4n) is 3.49. The summed E-state index contributed by atoms with van der Waals surface area (Å²) in [6, 6.07) is 5.14. The number of hydrogen-bond donors (Lipinski definition) is 2. The fraction of sp³-hybridized carbons (Fsp3) is 0.556. The zero-order valence-electron chi connectivity index (χ0n) is 14.8. The van der Waals surface area contributed by atoms with E-state index in [1.54, 1.807) is 30.2 Å². The Morgan fingerprint density at radius 3 is 2.96 bits per heavy atom. The van der Waals surface area contributed by atoms with Gasteiger partial charge in [-0.1, -0.05) is 11.6 Å². The van der Waals surface area contributed by atoms with Crippen molar-refractivity contribution in [1.29, 1.82) is 0 Å². The highest BCUT2D eigenvalue weighted by Gasteiger charge is 2.36. The van der Waals surface area contributed by atoms with Crippen LogP contribution >= 0.6 is 24.0 Å². The molecule has 2 atom stereocenters. The summed E-state index contributed by atoms with van der Waals surface area (Å²) in [6.07, 6.45) is 2.36. The van der Waals surface area contributed by atoms with Crippen molar-refractivity contribution in [2.24, 2.45) is 11.8 Å². The Kier molecular flexibility index (Phi) is 7.55. The molecule has 0 spiro atoms. The van der Waals surface area contributed by atoms with Gasteiger partial charge >= 0.3 is 0 Å². The van der Waals surface area contributed by atoms with Gasteiger partial charge in [0.15, 0.2) is 0 Å². The maximum Gasteiger partial charge on any atom is 0.227 e. The van der Waals surface area contributed by atoms with Gasteiger partial charge in [-0.05, 0) is 50.0 Å². The Balaban J connectivity index is 0.00000243. The lowest BCUT2D eigenvalue weighted by Crippen LogP contribution is -2.34. The SMILES string of the molecule is COc1ccc(Cl)cc1N1CC(C(=O)NCCC2CCNC2)CC1=O.Cl. The van der Waals surface area contributed by atoms with Crippen molar-refractivity contribution >= 4 is 41.5 Å². The van der Waals surface area contributed by atoms with E-state index in [-0.39, 0.29) is 36.6 Å². The van der Waals surface area contributed by atoms with Crippen LogP contribution in [0.3, 0.4) is 0 Å². The summed E-state index contributed by atoms with van der Waals surface area (Å²) in [5.74, 6) is 0.742. The first kappa shape index (κ1) is 20.8. The lowest BCUT2D eigenvalue weighted by molar-refractivity contribution is -0.126. The number of benzene rings is 1. The van der Waals surface area contributed by atoms with E-state index in [0.717, 1.165) is 19.5 Å². The van der Waals surface area contributed by atoms with Crippen molar-refractivity contribution in [2.45, 2.75) is 19.3 Å². The molecule has 2 amide bonds. The van der Waals surface area contributed by atoms with Crippen LogP contribution in [0.5, 0.6) is 5.75 Å². The van der Waals surface area contributed by atoms with Crippen LogP contribution in [0.4, 0.5) is 5.69 Å². The Morgan fingerprint density at radius 2 is 2.27 bits per heavy atom. The van der Waals surface area contributed by atoms with E-state index < -0.39 is 0 Å². The largest absolute Gasteiger partial charge is 0.495 e. The molecule has 144 valence electrons. The molecule has 0 saturated carbocycles. The number of carbonyl (C=O) groups is 2. The molecule has 0 aliphatic carbocycles. The number of rotatable bonds is 6. The second-order valence-corrected chi connectivity index (χ2v) is 7.10. The molecule has 2 saturated heterocycles. The lowest BCUT2D eigenvalue weighted by Gasteiger charge is -2.20. The minimum absolute atomic E-state index is 0. The minimum atomic E-state index is -0.335. The van der Waals surface area contributed by atoms with Crippen LogP contribution in [-0.4, -0.2) is 45.1 Å². The summed E-state index contributed by atoms with van der Waals surface area (Å²) in [4.78, 5) is 26.4. The summed E-state index contributed by atoms with van der Waals surface area (Å²) in [5, 5.41) is 6.83. The summed E-state index contributed by atoms with van der Waals surface area (Å²) in [5.41, 5.74) is 0.618. The molecule has 3 rings (SSSR count). The molecule has 26 heavy (non-hydrogen) atoms. The summed E-state index contributed by atoms with van der Waals surface area (Å²) < 4.78 is 5.32. The molecule has 2 aliphatic rings. The highest BCUT2D eigenvalue weighted by atomic mass is 35.5. The molecule has 2 fully saturated rings. The van der Waals surface area contributed by atoms with Crippen LogP contribution in [0.1, 0.15) is 19.3 Å². The van der Waals surface area contributed by atoms with Crippen molar-refractivity contribution in [2.75, 3.05) is 38.2 Å². The zero-order chi connectivity index (χ0) is 17.8. The molecule has 2 unspecified atom stereocenters. The molecule has 8 heteroatoms. The number of nitrogens with zero attached hydrogens (tertiary/aromatic N) is 1. The van der Waals surface area contributed by atoms with Crippen molar-refractivity contribution in [3.8, 4) is 5.75 Å². The Hall–Kier alpha value is -1.50. The summed E-state index contributed by atoms with van der Waals surface area (Å²) in [6.45, 7) is 3.11. The third kappa shape index (κ3) is 4.81. The van der Waals surface area contributed by atoms with E-state index >= 15 is 0 Å². The molecule has 2 aliphatic heterocycles. The second-order valence-electron chi connectivity index (χ2n) is 6.66. The predicted octanol–water partition coefficient (Wildman–Crippen LogP) is 2.24. The van der Waals surface area contributed by atoms with Crippen LogP contribution in [0, 0.1) is 11.8 Å². The van der Waals surface area contributed by atoms with Gasteiger partial charge in [-0.15, -0.1) is 12.4 Å². The van der Waals surface area contributed by atoms with Crippen LogP contribution in [0.15, 0.2) is 18.2 Å². The Morgan fingerprint density at radius 1 is 1.46 bits per heavy atom. The monoisotopic (exact) mass is 401 g/mol. The van der Waals surface area contributed by atoms with Crippen LogP contribution in [0.25, 0.3) is 0 Å². The van der Waals surface area contributed by atoms with E-state index in [1.807, 2.05) is 0 Å². The normalized spacial score (nSPS) is 22.2. The molecule has 2 N–H and O–H groups in total. The zero-order valence-corrected chi connectivity index (χ0v) is 16.4. The van der Waals surface area contributed by atoms with Gasteiger partial charge in [0.1, 0.15) is 5.75 Å². The quantitative estimate of drug-likeness (QED) is 0.766. The first-order valence-corrected chi connectivity index (χ1v) is 9.08. The third-order valence-corrected chi connectivity index (χ3v) is 5.18. The molecule has 0 aromatic heterocycles. The lowest BCUT2D eigenvalue weighted by atomic mass is 10.0. The van der Waals surface area contributed by atoms with Gasteiger partial charge in [0, 0.05) is 24.5 Å². The highest BCUT2D eigenvalue weighted by Crippen LogP contribution is 2.35. The number of nitrogens with one attached hydrogen (secondary N) is 2. The molecular weight excluding hydrogens is 377 g/mol. The Labute approximate surface area is 165 Å². The standard InChI is InChI=1S/C18H24ClN3O3.ClH/c1-25-16-3-2-14(19)9-15(16)22-11-13(8-17(22)23)18(24)21-7-5-12-4-6-20-10-12;/h2-3,9,12-13,20H,4-8,10-11H2,1H3,(H,21,24);1H. The topological polar surface area (TPSA) is 70.7 Å². The molecule has 6 nitrogen and oxygen atoms in total. The molecule has 2 heterocycles. The van der Waals surface area contributed by atoms with E-state index in [0.29, 0.717) is 35.5 Å². The van der Waals surface area contributed by atoms with Gasteiger partial charge in [-0.3, -0.25) is 9.59 Å². The number of ether oxygens (including phenoxy) is 1. The smallest absolute Gasteiger partial charge is 0.227 e. The van der Waals surface area contributed by atoms with Gasteiger partial charge in [0.2, 0.25) is 11.8 Å². The number of halogens is 2. The average molecular weight is 402 g/mol. The van der Waals surface area contributed by atoms with Crippen molar-refractivity contribution in [1.82, 2.24) is 10.6 Å². The number of amides is 2. The first-order chi connectivity index (χ1) is 12.1. The molecule has 1 aromatic carbocycles. The molecule has 0 bridgehead atoms. The van der Waals surface area contributed by atoms with Gasteiger partial charge in [-0.25, -0.2) is 0 Å². The number of carbonyl (C=O) groups excluding carboxylic acids is 2. The predicted molar refractivity (Wildman–Crippen MR) is 104 cm³/mol. The minimum Gasteiger partial charge on any atom is -0.495 e. The molecule has 1 aromatic rings. The number of anilines is 1. The van der Waals surface area contributed by atoms with Crippen molar-refractivity contribution in [3.05, 3.63) is 23.2 Å². The van der Waals surface area contributed by atoms with Crippen molar-refractivity contribution in [3.63, 3.8) is 0 Å². The van der Waals surface area contributed by atoms with E-state index in [2.05, 4.69) is 10.6 Å². The van der Waals surface area contributed by atoms with Gasteiger partial charge in [0.25, 0.3) is 0 Å². The number of hydrogen-bond acceptors (Lipinski definition) is 4. The van der Waals surface area contributed by atoms with Gasteiger partial charge in [-0.2, -0.15) is 0 Å². The van der Waals surface area contributed by atoms with E-state index in [4.69, 9.17) is 16.3 Å². The van der Waals surface area contributed by atoms with E-state index in [1.165, 1.54) is 6.42 Å². The number of methoxy groups -OCH3 is 1. The van der Waals surface area contributed by atoms with Crippen LogP contribution in [0.2, 0.25) is 5.02 Å². The summed E-state index contributed by atoms with van der Waals surface area (Å²) >= 11 is 6.05. The van der Waals surface area contributed by atoms with Gasteiger partial charge < -0.3 is 20.3 Å². The average Bonchev–Trinajstić information content (AvgIpc) is 3.24. The first-order valence-electron chi connectivity index (χ1n) is 8.71. The summed E-state index contributed by atoms with van der Waals surface area (Å²) in [7, 11) is 1.55. The second kappa shape index (κ2) is 9.44. The Bertz CT molecular complexity index is 651. The molecular formula is C18H25Cl2N3O3.